The number of likely N-dealkylation sites (tertiary alicyclic amines) is 1. The van der Waals surface area contributed by atoms with Crippen molar-refractivity contribution in [2.24, 2.45) is 23.5 Å². The fourth-order valence-electron chi connectivity index (χ4n) is 3.19. The van der Waals surface area contributed by atoms with Gasteiger partial charge in [0.2, 0.25) is 5.91 Å². The number of hydrogen-bond donors (Lipinski definition) is 2. The van der Waals surface area contributed by atoms with Crippen LogP contribution in [0.3, 0.4) is 0 Å². The summed E-state index contributed by atoms with van der Waals surface area (Å²) in [5.74, 6) is -1.30. The molecule has 0 aromatic heterocycles. The van der Waals surface area contributed by atoms with E-state index < -0.39 is 11.9 Å². The molecule has 5 heteroatoms. The zero-order valence-electron chi connectivity index (χ0n) is 10.8. The molecule has 1 aliphatic heterocycles. The zero-order chi connectivity index (χ0) is 13.3. The van der Waals surface area contributed by atoms with Gasteiger partial charge in [-0.15, -0.1) is 0 Å². The van der Waals surface area contributed by atoms with Gasteiger partial charge in [-0.25, -0.2) is 0 Å². The molecule has 2 fully saturated rings. The van der Waals surface area contributed by atoms with Crippen molar-refractivity contribution < 1.29 is 14.7 Å². The maximum Gasteiger partial charge on any atom is 0.307 e. The molecular formula is C13H22N2O3. The van der Waals surface area contributed by atoms with Gasteiger partial charge in [0.1, 0.15) is 0 Å². The number of nitrogens with two attached hydrogens (primary N) is 1. The predicted octanol–water partition coefficient (Wildman–Crippen LogP) is 0.683. The van der Waals surface area contributed by atoms with Gasteiger partial charge < -0.3 is 15.7 Å². The minimum absolute atomic E-state index is 0.0265. The van der Waals surface area contributed by atoms with E-state index >= 15 is 0 Å². The number of carbonyl (C=O) groups is 2. The molecule has 0 spiro atoms. The summed E-state index contributed by atoms with van der Waals surface area (Å²) in [6, 6.07) is 0.187. The Labute approximate surface area is 107 Å². The van der Waals surface area contributed by atoms with Crippen LogP contribution in [-0.4, -0.2) is 41.0 Å². The van der Waals surface area contributed by atoms with Crippen LogP contribution < -0.4 is 5.73 Å². The van der Waals surface area contributed by atoms with Gasteiger partial charge in [-0.2, -0.15) is 0 Å². The number of nitrogens with zero attached hydrogens (tertiary/aromatic N) is 1. The van der Waals surface area contributed by atoms with Crippen LogP contribution in [-0.2, 0) is 9.59 Å². The monoisotopic (exact) mass is 254 g/mol. The maximum absolute atomic E-state index is 12.4. The van der Waals surface area contributed by atoms with Gasteiger partial charge in [-0.05, 0) is 31.6 Å². The van der Waals surface area contributed by atoms with E-state index in [0.29, 0.717) is 31.8 Å². The van der Waals surface area contributed by atoms with Crippen molar-refractivity contribution in [3.63, 3.8) is 0 Å². The highest BCUT2D eigenvalue weighted by Crippen LogP contribution is 2.37. The van der Waals surface area contributed by atoms with Crippen LogP contribution in [0.2, 0.25) is 0 Å². The Balaban J connectivity index is 2.01. The molecule has 2 rings (SSSR count). The first kappa shape index (κ1) is 13.3. The molecule has 1 unspecified atom stereocenters. The van der Waals surface area contributed by atoms with E-state index in [1.54, 1.807) is 0 Å². The molecule has 0 radical (unpaired) electrons. The van der Waals surface area contributed by atoms with Crippen molar-refractivity contribution in [2.45, 2.75) is 38.6 Å². The van der Waals surface area contributed by atoms with Gasteiger partial charge in [-0.3, -0.25) is 9.59 Å². The number of aliphatic carboxylic acids is 1. The Morgan fingerprint density at radius 1 is 1.17 bits per heavy atom. The maximum atomic E-state index is 12.4. The second-order valence-corrected chi connectivity index (χ2v) is 5.79. The van der Waals surface area contributed by atoms with Crippen molar-refractivity contribution in [3.8, 4) is 0 Å². The molecule has 102 valence electrons. The smallest absolute Gasteiger partial charge is 0.307 e. The number of piperidine rings is 1. The van der Waals surface area contributed by atoms with Crippen LogP contribution in [0.5, 0.6) is 0 Å². The quantitative estimate of drug-likeness (QED) is 0.759. The zero-order valence-corrected chi connectivity index (χ0v) is 10.8. The third-order valence-corrected chi connectivity index (χ3v) is 4.28. The van der Waals surface area contributed by atoms with Crippen LogP contribution in [0.1, 0.15) is 32.6 Å². The van der Waals surface area contributed by atoms with E-state index in [1.165, 1.54) is 0 Å². The highest BCUT2D eigenvalue weighted by atomic mass is 16.4. The van der Waals surface area contributed by atoms with Gasteiger partial charge in [0.15, 0.2) is 0 Å². The van der Waals surface area contributed by atoms with Crippen molar-refractivity contribution in [1.29, 1.82) is 0 Å². The number of carbonyl (C=O) groups excluding carboxylic acids is 1. The van der Waals surface area contributed by atoms with Gasteiger partial charge in [0.25, 0.3) is 0 Å². The minimum atomic E-state index is -0.827. The van der Waals surface area contributed by atoms with Crippen LogP contribution >= 0.6 is 0 Å². The summed E-state index contributed by atoms with van der Waals surface area (Å²) in [6.07, 6.45) is 2.98. The van der Waals surface area contributed by atoms with Crippen LogP contribution in [0, 0.1) is 17.8 Å². The SMILES string of the molecule is CC1C[C@H](C(=O)N2CCC(N)CC2)[C@H](C(=O)O)C1. The van der Waals surface area contributed by atoms with Crippen molar-refractivity contribution in [1.82, 2.24) is 4.90 Å². The lowest BCUT2D eigenvalue weighted by Crippen LogP contribution is -2.46. The van der Waals surface area contributed by atoms with E-state index in [-0.39, 0.29) is 17.9 Å². The fraction of sp³-hybridized carbons (Fsp3) is 0.846. The molecule has 1 saturated carbocycles. The molecule has 0 aromatic carbocycles. The van der Waals surface area contributed by atoms with E-state index in [1.807, 2.05) is 11.8 Å². The van der Waals surface area contributed by atoms with Gasteiger partial charge >= 0.3 is 5.97 Å². The normalized spacial score (nSPS) is 33.7. The summed E-state index contributed by atoms with van der Waals surface area (Å²) in [7, 11) is 0. The summed E-state index contributed by atoms with van der Waals surface area (Å²) in [5, 5.41) is 9.20. The van der Waals surface area contributed by atoms with Gasteiger partial charge in [-0.1, -0.05) is 6.92 Å². The Morgan fingerprint density at radius 2 is 1.72 bits per heavy atom. The molecule has 2 aliphatic rings. The van der Waals surface area contributed by atoms with Crippen molar-refractivity contribution in [3.05, 3.63) is 0 Å². The largest absolute Gasteiger partial charge is 0.481 e. The van der Waals surface area contributed by atoms with Crippen LogP contribution in [0.4, 0.5) is 0 Å². The predicted molar refractivity (Wildman–Crippen MR) is 66.8 cm³/mol. The fourth-order valence-corrected chi connectivity index (χ4v) is 3.19. The lowest BCUT2D eigenvalue weighted by molar-refractivity contribution is -0.149. The molecule has 18 heavy (non-hydrogen) atoms. The lowest BCUT2D eigenvalue weighted by atomic mass is 9.93. The molecular weight excluding hydrogens is 232 g/mol. The Morgan fingerprint density at radius 3 is 2.28 bits per heavy atom. The number of carboxylic acid groups (broad SMARTS) is 1. The number of carboxylic acids is 1. The van der Waals surface area contributed by atoms with E-state index in [9.17, 15) is 14.7 Å². The molecule has 1 saturated heterocycles. The minimum Gasteiger partial charge on any atom is -0.481 e. The van der Waals surface area contributed by atoms with E-state index in [4.69, 9.17) is 5.73 Å². The van der Waals surface area contributed by atoms with Gasteiger partial charge in [0.05, 0.1) is 11.8 Å². The highest BCUT2D eigenvalue weighted by molar-refractivity contribution is 5.85. The molecule has 3 atom stereocenters. The molecule has 1 aliphatic carbocycles. The third-order valence-electron chi connectivity index (χ3n) is 4.28. The van der Waals surface area contributed by atoms with Crippen LogP contribution in [0.25, 0.3) is 0 Å². The van der Waals surface area contributed by atoms with Crippen LogP contribution in [0.15, 0.2) is 0 Å². The second-order valence-electron chi connectivity index (χ2n) is 5.79. The average Bonchev–Trinajstić information content (AvgIpc) is 2.71. The molecule has 5 nitrogen and oxygen atoms in total. The molecule has 1 heterocycles. The number of rotatable bonds is 2. The van der Waals surface area contributed by atoms with Crippen molar-refractivity contribution >= 4 is 11.9 Å². The number of amides is 1. The Kier molecular flexibility index (Phi) is 3.90. The summed E-state index contributed by atoms with van der Waals surface area (Å²) in [5.41, 5.74) is 5.82. The summed E-state index contributed by atoms with van der Waals surface area (Å²) in [6.45, 7) is 3.38. The average molecular weight is 254 g/mol. The first-order valence-electron chi connectivity index (χ1n) is 6.76. The molecule has 0 bridgehead atoms. The molecule has 0 aromatic rings. The lowest BCUT2D eigenvalue weighted by Gasteiger charge is -2.33. The van der Waals surface area contributed by atoms with E-state index in [2.05, 4.69) is 0 Å². The number of hydrogen-bond acceptors (Lipinski definition) is 3. The molecule has 3 N–H and O–H groups in total. The van der Waals surface area contributed by atoms with Crippen molar-refractivity contribution in [2.75, 3.05) is 13.1 Å². The highest BCUT2D eigenvalue weighted by Gasteiger charge is 2.43. The van der Waals surface area contributed by atoms with Gasteiger partial charge in [0, 0.05) is 19.1 Å². The topological polar surface area (TPSA) is 83.6 Å². The Hall–Kier alpha value is -1.10. The standard InChI is InChI=1S/C13H22N2O3/c1-8-6-10(11(7-8)13(17)18)12(16)15-4-2-9(14)3-5-15/h8-11H,2-7,14H2,1H3,(H,17,18)/t8?,10-,11+/m0/s1. The summed E-state index contributed by atoms with van der Waals surface area (Å²) in [4.78, 5) is 25.4. The molecule has 1 amide bonds. The summed E-state index contributed by atoms with van der Waals surface area (Å²) < 4.78 is 0. The third kappa shape index (κ3) is 2.66. The van der Waals surface area contributed by atoms with E-state index in [0.717, 1.165) is 12.8 Å². The Bertz CT molecular complexity index is 337. The first-order chi connectivity index (χ1) is 8.49. The second kappa shape index (κ2) is 5.26. The first-order valence-corrected chi connectivity index (χ1v) is 6.76. The summed E-state index contributed by atoms with van der Waals surface area (Å²) >= 11 is 0.